The molecule has 2 N–H and O–H groups in total. The minimum absolute atomic E-state index is 0.00293. The van der Waals surface area contributed by atoms with Crippen molar-refractivity contribution >= 4 is 66.5 Å². The molecule has 5 nitrogen and oxygen atoms in total. The smallest absolute Gasteiger partial charge is 0.138 e. The Morgan fingerprint density at radius 2 is 1.64 bits per heavy atom. The third kappa shape index (κ3) is 3.10. The summed E-state index contributed by atoms with van der Waals surface area (Å²) in [5.41, 5.74) is 7.48. The van der Waals surface area contributed by atoms with Crippen LogP contribution in [0.25, 0.3) is 0 Å². The molecule has 25 heavy (non-hydrogen) atoms. The zero-order valence-corrected chi connectivity index (χ0v) is 16.4. The Kier molecular flexibility index (Phi) is 4.71. The second-order valence-electron chi connectivity index (χ2n) is 7.88. The highest BCUT2D eigenvalue weighted by Crippen LogP contribution is 2.37. The zero-order chi connectivity index (χ0) is 18.5. The lowest BCUT2D eigenvalue weighted by molar-refractivity contribution is -0.0217. The van der Waals surface area contributed by atoms with Gasteiger partial charge in [-0.05, 0) is 18.9 Å². The van der Waals surface area contributed by atoms with Crippen molar-refractivity contribution in [2.24, 2.45) is 7.05 Å². The number of hydrogen-bond donors (Lipinski definition) is 2. The summed E-state index contributed by atoms with van der Waals surface area (Å²) >= 11 is 0. The third-order valence-electron chi connectivity index (χ3n) is 6.11. The van der Waals surface area contributed by atoms with Crippen LogP contribution in [0.2, 0.25) is 0 Å². The Bertz CT molecular complexity index is 797. The molecular formula is C15H25B5N4O. The molecule has 3 rings (SSSR count). The van der Waals surface area contributed by atoms with Crippen LogP contribution in [0.1, 0.15) is 37.1 Å². The normalized spacial score (nSPS) is 26.7. The minimum Gasteiger partial charge on any atom is -0.385 e. The van der Waals surface area contributed by atoms with Gasteiger partial charge in [0.1, 0.15) is 39.2 Å². The standard InChI is InChI=1S/C15H25B5N4O/c1-6-3-15(25,4-7(21-6)8-5-24(2)23-22-8)9-10(16)12(18)14(20)13(19)11(9)17/h5-7,21,25H,3-4,16-20H2,1-2H3/t6-,7-,15-/m0/s1. The Morgan fingerprint density at radius 3 is 2.16 bits per heavy atom. The molecule has 0 saturated carbocycles. The van der Waals surface area contributed by atoms with E-state index in [-0.39, 0.29) is 12.1 Å². The Morgan fingerprint density at radius 1 is 1.08 bits per heavy atom. The van der Waals surface area contributed by atoms with Crippen LogP contribution < -0.4 is 32.6 Å². The average molecular weight is 331 g/mol. The molecule has 1 aliphatic rings. The molecule has 1 saturated heterocycles. The lowest BCUT2D eigenvalue weighted by atomic mass is 9.57. The van der Waals surface area contributed by atoms with Crippen LogP contribution in [0, 0.1) is 0 Å². The molecular weight excluding hydrogens is 306 g/mol. The second-order valence-corrected chi connectivity index (χ2v) is 7.88. The number of piperidine rings is 1. The molecule has 0 spiro atoms. The van der Waals surface area contributed by atoms with Gasteiger partial charge < -0.3 is 10.4 Å². The molecule has 1 aromatic carbocycles. The van der Waals surface area contributed by atoms with Crippen molar-refractivity contribution in [1.29, 1.82) is 0 Å². The van der Waals surface area contributed by atoms with E-state index in [0.717, 1.165) is 11.3 Å². The van der Waals surface area contributed by atoms with Crippen LogP contribution in [-0.2, 0) is 12.6 Å². The summed E-state index contributed by atoms with van der Waals surface area (Å²) in [5.74, 6) is 0. The van der Waals surface area contributed by atoms with Crippen molar-refractivity contribution in [3.8, 4) is 0 Å². The number of aromatic nitrogens is 3. The summed E-state index contributed by atoms with van der Waals surface area (Å²) in [6.07, 6.45) is 3.24. The summed E-state index contributed by atoms with van der Waals surface area (Å²) in [6.45, 7) is 2.13. The fraction of sp³-hybridized carbons (Fsp3) is 0.467. The van der Waals surface area contributed by atoms with Gasteiger partial charge in [0.25, 0.3) is 0 Å². The van der Waals surface area contributed by atoms with Crippen molar-refractivity contribution < 1.29 is 5.11 Å². The van der Waals surface area contributed by atoms with Gasteiger partial charge in [0.15, 0.2) is 0 Å². The van der Waals surface area contributed by atoms with Crippen molar-refractivity contribution in [3.05, 3.63) is 17.5 Å². The SMILES string of the molecule is Bc1c(B)c(B)c([C@@]2(O)C[C@@H](c3cn(C)nn3)N[C@@H](C)C2)c(B)c1B. The molecule has 126 valence electrons. The highest BCUT2D eigenvalue weighted by atomic mass is 16.3. The van der Waals surface area contributed by atoms with Crippen LogP contribution in [0.5, 0.6) is 0 Å². The monoisotopic (exact) mass is 332 g/mol. The predicted molar refractivity (Wildman–Crippen MR) is 117 cm³/mol. The molecule has 0 bridgehead atoms. The Hall–Kier alpha value is -1.40. The molecule has 1 fully saturated rings. The Balaban J connectivity index is 2.09. The largest absolute Gasteiger partial charge is 0.385 e. The van der Waals surface area contributed by atoms with E-state index in [1.165, 1.54) is 27.3 Å². The molecule has 1 aliphatic heterocycles. The van der Waals surface area contributed by atoms with Crippen LogP contribution in [0.3, 0.4) is 0 Å². The number of hydrogen-bond acceptors (Lipinski definition) is 4. The second kappa shape index (κ2) is 6.40. The first-order valence-corrected chi connectivity index (χ1v) is 9.06. The Labute approximate surface area is 154 Å². The third-order valence-corrected chi connectivity index (χ3v) is 6.11. The van der Waals surface area contributed by atoms with E-state index in [9.17, 15) is 5.11 Å². The van der Waals surface area contributed by atoms with E-state index in [1.54, 1.807) is 4.68 Å². The number of nitrogens with one attached hydrogen (secondary N) is 1. The van der Waals surface area contributed by atoms with E-state index in [4.69, 9.17) is 0 Å². The highest BCUT2D eigenvalue weighted by molar-refractivity contribution is 6.67. The van der Waals surface area contributed by atoms with Gasteiger partial charge in [-0.25, -0.2) is 0 Å². The molecule has 0 aliphatic carbocycles. The van der Waals surface area contributed by atoms with Crippen molar-refractivity contribution in [2.75, 3.05) is 0 Å². The fourth-order valence-electron chi connectivity index (χ4n) is 4.51. The molecule has 0 radical (unpaired) electrons. The number of benzene rings is 1. The van der Waals surface area contributed by atoms with E-state index < -0.39 is 5.60 Å². The first kappa shape index (κ1) is 18.4. The molecule has 2 heterocycles. The van der Waals surface area contributed by atoms with Crippen LogP contribution >= 0.6 is 0 Å². The molecule has 1 aromatic heterocycles. The van der Waals surface area contributed by atoms with Gasteiger partial charge in [0, 0.05) is 25.7 Å². The van der Waals surface area contributed by atoms with Crippen LogP contribution in [-0.4, -0.2) is 65.4 Å². The first-order valence-electron chi connectivity index (χ1n) is 9.06. The van der Waals surface area contributed by atoms with Gasteiger partial charge in [0.2, 0.25) is 0 Å². The van der Waals surface area contributed by atoms with E-state index >= 15 is 0 Å². The van der Waals surface area contributed by atoms with E-state index in [2.05, 4.69) is 61.8 Å². The fourth-order valence-corrected chi connectivity index (χ4v) is 4.51. The number of rotatable bonds is 2. The summed E-state index contributed by atoms with van der Waals surface area (Å²) in [6, 6.07) is 0.203. The number of aryl methyl sites for hydroxylation is 1. The maximum Gasteiger partial charge on any atom is 0.138 e. The summed E-state index contributed by atoms with van der Waals surface area (Å²) in [4.78, 5) is 0. The maximum absolute atomic E-state index is 11.8. The lowest BCUT2D eigenvalue weighted by Crippen LogP contribution is -2.61. The maximum atomic E-state index is 11.8. The first-order chi connectivity index (χ1) is 11.6. The van der Waals surface area contributed by atoms with Gasteiger partial charge in [-0.3, -0.25) is 4.68 Å². The van der Waals surface area contributed by atoms with Crippen LogP contribution in [0.4, 0.5) is 0 Å². The van der Waals surface area contributed by atoms with E-state index in [0.29, 0.717) is 12.8 Å². The van der Waals surface area contributed by atoms with Gasteiger partial charge in [0.05, 0.1) is 17.3 Å². The van der Waals surface area contributed by atoms with Gasteiger partial charge in [-0.15, -0.1) is 21.5 Å². The minimum atomic E-state index is -0.857. The van der Waals surface area contributed by atoms with Gasteiger partial charge >= 0.3 is 0 Å². The van der Waals surface area contributed by atoms with Crippen molar-refractivity contribution in [2.45, 2.75) is 37.5 Å². The quantitative estimate of drug-likeness (QED) is 0.537. The van der Waals surface area contributed by atoms with Crippen molar-refractivity contribution in [1.82, 2.24) is 20.3 Å². The number of nitrogens with zero attached hydrogens (tertiary/aromatic N) is 3. The summed E-state index contributed by atoms with van der Waals surface area (Å²) in [7, 11) is 12.7. The molecule has 3 atom stereocenters. The summed E-state index contributed by atoms with van der Waals surface area (Å²) < 4.78 is 1.71. The zero-order valence-electron chi connectivity index (χ0n) is 16.4. The average Bonchev–Trinajstić information content (AvgIpc) is 2.97. The van der Waals surface area contributed by atoms with Gasteiger partial charge in [-0.1, -0.05) is 16.1 Å². The highest BCUT2D eigenvalue weighted by Gasteiger charge is 2.42. The number of aliphatic hydroxyl groups is 1. The van der Waals surface area contributed by atoms with Crippen LogP contribution in [0.15, 0.2) is 6.20 Å². The lowest BCUT2D eigenvalue weighted by Gasteiger charge is -2.43. The molecule has 10 heteroatoms. The van der Waals surface area contributed by atoms with E-state index in [1.807, 2.05) is 13.2 Å². The molecule has 2 aromatic rings. The molecule has 0 amide bonds. The summed E-state index contributed by atoms with van der Waals surface area (Å²) in [5, 5.41) is 23.7. The molecule has 0 unspecified atom stereocenters. The predicted octanol–water partition coefficient (Wildman–Crippen LogP) is -7.19. The van der Waals surface area contributed by atoms with Gasteiger partial charge in [-0.2, -0.15) is 0 Å². The van der Waals surface area contributed by atoms with Crippen molar-refractivity contribution in [3.63, 3.8) is 0 Å². The topological polar surface area (TPSA) is 63.0 Å².